The molecule has 2 aromatic heterocycles. The molecule has 1 aliphatic carbocycles. The molecule has 0 N–H and O–H groups in total. The van der Waals surface area contributed by atoms with E-state index < -0.39 is 0 Å². The molecule has 0 amide bonds. The first-order valence-electron chi connectivity index (χ1n) is 17.8. The van der Waals surface area contributed by atoms with Crippen LogP contribution >= 0.6 is 0 Å². The molecule has 1 aliphatic rings. The standard InChI is InChI=1S/C47H43NO2/c1-45(2,3)28-20-22-33-35(24-28)47(7,8)36-25-29(46(4,5)6)26-38(43(33)36)48(30-21-23-32-31-14-9-11-17-39(31)50-42(32)27-30)37-16-13-19-41-44(37)34-15-10-12-18-40(34)49-41/h9-27H,1-8H3. The molecule has 6 aromatic carbocycles. The van der Waals surface area contributed by atoms with E-state index in [0.717, 1.165) is 60.9 Å². The van der Waals surface area contributed by atoms with Gasteiger partial charge in [-0.15, -0.1) is 0 Å². The average Bonchev–Trinajstić information content (AvgIpc) is 3.72. The van der Waals surface area contributed by atoms with Gasteiger partial charge in [-0.3, -0.25) is 0 Å². The Hall–Kier alpha value is -5.28. The summed E-state index contributed by atoms with van der Waals surface area (Å²) in [6.07, 6.45) is 0. The van der Waals surface area contributed by atoms with E-state index in [1.54, 1.807) is 0 Å². The van der Waals surface area contributed by atoms with Crippen molar-refractivity contribution >= 4 is 60.9 Å². The second-order valence-corrected chi connectivity index (χ2v) is 16.7. The van der Waals surface area contributed by atoms with Gasteiger partial charge in [-0.1, -0.05) is 122 Å². The Balaban J connectivity index is 1.41. The first-order valence-corrected chi connectivity index (χ1v) is 17.8. The van der Waals surface area contributed by atoms with Crippen LogP contribution in [0.15, 0.2) is 124 Å². The Morgan fingerprint density at radius 3 is 1.86 bits per heavy atom. The predicted octanol–water partition coefficient (Wildman–Crippen LogP) is 13.9. The number of hydrogen-bond donors (Lipinski definition) is 0. The fraction of sp³-hybridized carbons (Fsp3) is 0.234. The Morgan fingerprint density at radius 2 is 1.12 bits per heavy atom. The lowest BCUT2D eigenvalue weighted by molar-refractivity contribution is 0.580. The van der Waals surface area contributed by atoms with Crippen molar-refractivity contribution in [1.82, 2.24) is 0 Å². The molecule has 2 heterocycles. The maximum absolute atomic E-state index is 6.52. The fourth-order valence-electron chi connectivity index (χ4n) is 8.11. The zero-order valence-electron chi connectivity index (χ0n) is 30.2. The monoisotopic (exact) mass is 653 g/mol. The molecule has 9 rings (SSSR count). The van der Waals surface area contributed by atoms with Crippen LogP contribution in [0.2, 0.25) is 0 Å². The lowest BCUT2D eigenvalue weighted by atomic mass is 9.77. The van der Waals surface area contributed by atoms with Crippen LogP contribution < -0.4 is 4.90 Å². The van der Waals surface area contributed by atoms with E-state index in [2.05, 4.69) is 163 Å². The largest absolute Gasteiger partial charge is 0.456 e. The highest BCUT2D eigenvalue weighted by atomic mass is 16.3. The lowest BCUT2D eigenvalue weighted by Gasteiger charge is -2.32. The number of para-hydroxylation sites is 2. The van der Waals surface area contributed by atoms with E-state index in [1.165, 1.54) is 33.4 Å². The first-order chi connectivity index (χ1) is 23.8. The normalized spacial score (nSPS) is 14.2. The highest BCUT2D eigenvalue weighted by molar-refractivity contribution is 6.15. The third-order valence-electron chi connectivity index (χ3n) is 11.0. The highest BCUT2D eigenvalue weighted by Gasteiger charge is 2.40. The molecule has 50 heavy (non-hydrogen) atoms. The Bertz CT molecular complexity index is 2650. The summed E-state index contributed by atoms with van der Waals surface area (Å²) in [6.45, 7) is 18.7. The predicted molar refractivity (Wildman–Crippen MR) is 211 cm³/mol. The maximum Gasteiger partial charge on any atom is 0.137 e. The van der Waals surface area contributed by atoms with Gasteiger partial charge in [0.05, 0.1) is 16.8 Å². The van der Waals surface area contributed by atoms with E-state index in [1.807, 2.05) is 12.1 Å². The lowest BCUT2D eigenvalue weighted by Crippen LogP contribution is -2.20. The van der Waals surface area contributed by atoms with Crippen molar-refractivity contribution in [2.24, 2.45) is 0 Å². The van der Waals surface area contributed by atoms with E-state index in [-0.39, 0.29) is 16.2 Å². The van der Waals surface area contributed by atoms with Crippen LogP contribution in [0.4, 0.5) is 17.1 Å². The summed E-state index contributed by atoms with van der Waals surface area (Å²) in [5, 5.41) is 4.45. The molecule has 0 radical (unpaired) electrons. The van der Waals surface area contributed by atoms with Gasteiger partial charge in [-0.2, -0.15) is 0 Å². The molecular weight excluding hydrogens is 611 g/mol. The summed E-state index contributed by atoms with van der Waals surface area (Å²) in [4.78, 5) is 2.47. The van der Waals surface area contributed by atoms with Crippen LogP contribution in [-0.2, 0) is 16.2 Å². The Kier molecular flexibility index (Phi) is 6.38. The molecular formula is C47H43NO2. The molecule has 3 nitrogen and oxygen atoms in total. The molecule has 3 heteroatoms. The minimum atomic E-state index is -0.190. The molecule has 0 fully saturated rings. The Morgan fingerprint density at radius 1 is 0.500 bits per heavy atom. The van der Waals surface area contributed by atoms with Crippen LogP contribution in [-0.4, -0.2) is 0 Å². The van der Waals surface area contributed by atoms with Crippen LogP contribution in [0.25, 0.3) is 55.0 Å². The number of anilines is 3. The highest BCUT2D eigenvalue weighted by Crippen LogP contribution is 2.57. The molecule has 0 unspecified atom stereocenters. The molecule has 0 atom stereocenters. The zero-order chi connectivity index (χ0) is 34.7. The maximum atomic E-state index is 6.52. The van der Waals surface area contributed by atoms with Crippen LogP contribution in [0, 0.1) is 0 Å². The number of benzene rings is 6. The molecule has 8 aromatic rings. The third kappa shape index (κ3) is 4.49. The summed E-state index contributed by atoms with van der Waals surface area (Å²) in [6, 6.07) is 41.9. The van der Waals surface area contributed by atoms with Crippen LogP contribution in [0.1, 0.15) is 77.6 Å². The van der Waals surface area contributed by atoms with Gasteiger partial charge in [0.15, 0.2) is 0 Å². The molecule has 0 spiro atoms. The van der Waals surface area contributed by atoms with Crippen molar-refractivity contribution in [1.29, 1.82) is 0 Å². The quantitative estimate of drug-likeness (QED) is 0.190. The summed E-state index contributed by atoms with van der Waals surface area (Å²) in [5.41, 5.74) is 14.6. The van der Waals surface area contributed by atoms with Gasteiger partial charge in [-0.25, -0.2) is 0 Å². The van der Waals surface area contributed by atoms with Crippen LogP contribution in [0.3, 0.4) is 0 Å². The van der Waals surface area contributed by atoms with Gasteiger partial charge in [0.1, 0.15) is 22.3 Å². The van der Waals surface area contributed by atoms with Gasteiger partial charge >= 0.3 is 0 Å². The summed E-state index contributed by atoms with van der Waals surface area (Å²) < 4.78 is 13.0. The third-order valence-corrected chi connectivity index (χ3v) is 11.0. The number of furan rings is 2. The van der Waals surface area contributed by atoms with Crippen molar-refractivity contribution < 1.29 is 8.83 Å². The summed E-state index contributed by atoms with van der Waals surface area (Å²) >= 11 is 0. The summed E-state index contributed by atoms with van der Waals surface area (Å²) in [7, 11) is 0. The minimum Gasteiger partial charge on any atom is -0.456 e. The first kappa shape index (κ1) is 30.8. The number of fused-ring (bicyclic) bond motifs is 9. The van der Waals surface area contributed by atoms with Gasteiger partial charge in [0, 0.05) is 38.9 Å². The smallest absolute Gasteiger partial charge is 0.137 e. The van der Waals surface area contributed by atoms with Crippen molar-refractivity contribution in [2.75, 3.05) is 4.90 Å². The molecule has 0 saturated carbocycles. The van der Waals surface area contributed by atoms with Crippen molar-refractivity contribution in [3.8, 4) is 11.1 Å². The second-order valence-electron chi connectivity index (χ2n) is 16.7. The topological polar surface area (TPSA) is 29.5 Å². The minimum absolute atomic E-state index is 0.0469. The molecule has 0 saturated heterocycles. The average molecular weight is 654 g/mol. The van der Waals surface area contributed by atoms with Gasteiger partial charge < -0.3 is 13.7 Å². The molecule has 248 valence electrons. The SMILES string of the molecule is CC(C)(C)c1ccc2c(c1)C(C)(C)c1cc(C(C)(C)C)cc(N(c3ccc4c(c3)oc3ccccc34)c3cccc4oc5ccccc5c34)c1-2. The molecule has 0 bridgehead atoms. The summed E-state index contributed by atoms with van der Waals surface area (Å²) in [5.74, 6) is 0. The fourth-order valence-corrected chi connectivity index (χ4v) is 8.11. The Labute approximate surface area is 294 Å². The molecule has 0 aliphatic heterocycles. The van der Waals surface area contributed by atoms with Gasteiger partial charge in [0.25, 0.3) is 0 Å². The van der Waals surface area contributed by atoms with Gasteiger partial charge in [0.2, 0.25) is 0 Å². The van der Waals surface area contributed by atoms with E-state index >= 15 is 0 Å². The van der Waals surface area contributed by atoms with Crippen molar-refractivity contribution in [3.63, 3.8) is 0 Å². The number of nitrogens with zero attached hydrogens (tertiary/aromatic N) is 1. The van der Waals surface area contributed by atoms with Gasteiger partial charge in [-0.05, 0) is 81.1 Å². The number of rotatable bonds is 3. The van der Waals surface area contributed by atoms with E-state index in [4.69, 9.17) is 8.83 Å². The van der Waals surface area contributed by atoms with Crippen molar-refractivity contribution in [2.45, 2.75) is 71.6 Å². The van der Waals surface area contributed by atoms with Crippen LogP contribution in [0.5, 0.6) is 0 Å². The second kappa shape index (κ2) is 10.4. The van der Waals surface area contributed by atoms with Crippen molar-refractivity contribution in [3.05, 3.63) is 138 Å². The number of hydrogen-bond acceptors (Lipinski definition) is 3. The van der Waals surface area contributed by atoms with E-state index in [9.17, 15) is 0 Å². The van der Waals surface area contributed by atoms with E-state index in [0.29, 0.717) is 0 Å². The zero-order valence-corrected chi connectivity index (χ0v) is 30.2.